The second-order valence-electron chi connectivity index (χ2n) is 20.2. The first-order valence-electron chi connectivity index (χ1n) is 24.7. The quantitative estimate of drug-likeness (QED) is 0.0894. The summed E-state index contributed by atoms with van der Waals surface area (Å²) in [6, 6.07) is 1.40. The smallest absolute Gasteiger partial charge is 0.351 e. The molecule has 21 nitrogen and oxygen atoms in total. The Morgan fingerprint density at radius 2 is 1.78 bits per heavy atom. The molecule has 406 valence electrons. The number of Topliss-reactive ketones (excluding diaryl/α,β-unsaturated/α-hetero) is 1. The summed E-state index contributed by atoms with van der Waals surface area (Å²) < 4.78 is 49.1. The number of anilines is 1. The highest BCUT2D eigenvalue weighted by atomic mass is 32.1. The van der Waals surface area contributed by atoms with E-state index in [1.54, 1.807) is 65.5 Å². The van der Waals surface area contributed by atoms with Crippen molar-refractivity contribution in [3.63, 3.8) is 0 Å². The molecule has 0 unspecified atom stereocenters. The molecule has 1 saturated heterocycles. The molecule has 0 radical (unpaired) electrons. The van der Waals surface area contributed by atoms with E-state index in [1.165, 1.54) is 39.0 Å². The minimum Gasteiger partial charge on any atom is -0.457 e. The molecule has 23 heteroatoms. The van der Waals surface area contributed by atoms with Crippen molar-refractivity contribution in [2.75, 3.05) is 32.6 Å². The van der Waals surface area contributed by atoms with Crippen LogP contribution in [-0.2, 0) is 59.1 Å². The van der Waals surface area contributed by atoms with Gasteiger partial charge in [-0.15, -0.1) is 11.3 Å². The first-order chi connectivity index (χ1) is 34.1. The maximum atomic E-state index is 17.0. The highest BCUT2D eigenvalue weighted by Crippen LogP contribution is 2.41. The Morgan fingerprint density at radius 3 is 2.40 bits per heavy atom. The summed E-state index contributed by atoms with van der Waals surface area (Å²) in [6.07, 6.45) is -5.20. The number of halogens is 1. The second kappa shape index (κ2) is 24.7. The van der Waals surface area contributed by atoms with Crippen molar-refractivity contribution in [1.29, 1.82) is 0 Å². The van der Waals surface area contributed by atoms with Crippen molar-refractivity contribution in [3.05, 3.63) is 40.7 Å². The van der Waals surface area contributed by atoms with Crippen LogP contribution in [0.5, 0.6) is 0 Å². The number of pyridine rings is 1. The molecular weight excluding hydrogens is 972 g/mol. The number of oxime groups is 1. The number of hydrogen-bond donors (Lipinski definition) is 6. The van der Waals surface area contributed by atoms with Gasteiger partial charge in [-0.1, -0.05) is 32.9 Å². The van der Waals surface area contributed by atoms with Crippen molar-refractivity contribution in [2.45, 2.75) is 180 Å². The number of aliphatic hydroxyl groups is 2. The number of nitrogens with one attached hydrogen (secondary N) is 3. The lowest BCUT2D eigenvalue weighted by atomic mass is 9.76. The van der Waals surface area contributed by atoms with Crippen LogP contribution in [0.1, 0.15) is 108 Å². The third-order valence-corrected chi connectivity index (χ3v) is 14.6. The number of hydrogen-bond acceptors (Lipinski definition) is 19. The molecule has 0 saturated carbocycles. The number of fused-ring (bicyclic) bond motifs is 4. The number of thiazole rings is 1. The SMILES string of the molecule is CCC(=O)NC1=C(C)[C@H]2OCC(=NOCc3ccc(-c4nc(NC(=O)[C@H](C)NC(=O)[C@H](C)N)cs4)cn3)CO[C@](C)(C[C@H]1C)[C@H](O[C@@H]1O[C@H](C)C[C@H](N(C)C)[C@H]1O)[C@@H](C)C(=O)[C@](C)(F)C(=O)O[C@H](CC)[C@@]2(C)O. The van der Waals surface area contributed by atoms with E-state index in [-0.39, 0.29) is 56.5 Å². The molecular formula is C50H75FN8O13S. The third kappa shape index (κ3) is 14.1. The molecule has 3 amide bonds. The minimum atomic E-state index is -3.26. The molecule has 0 spiro atoms. The molecule has 7 N–H and O–H groups in total. The summed E-state index contributed by atoms with van der Waals surface area (Å²) in [4.78, 5) is 83.2. The lowest BCUT2D eigenvalue weighted by Gasteiger charge is -2.47. The number of ether oxygens (including phenoxy) is 5. The number of amides is 3. The maximum Gasteiger partial charge on any atom is 0.351 e. The van der Waals surface area contributed by atoms with Crippen LogP contribution in [0.3, 0.4) is 0 Å². The van der Waals surface area contributed by atoms with Gasteiger partial charge in [0.15, 0.2) is 18.7 Å². The fraction of sp³-hybridized carbons (Fsp3) is 0.680. The summed E-state index contributed by atoms with van der Waals surface area (Å²) in [5.74, 6) is -5.88. The number of allylic oxidation sites excluding steroid dienone is 1. The molecule has 0 aromatic carbocycles. The van der Waals surface area contributed by atoms with Crippen molar-refractivity contribution in [3.8, 4) is 10.6 Å². The zero-order valence-electron chi connectivity index (χ0n) is 44.1. The van der Waals surface area contributed by atoms with Crippen LogP contribution in [0.4, 0.5) is 10.2 Å². The highest BCUT2D eigenvalue weighted by molar-refractivity contribution is 7.13. The highest BCUT2D eigenvalue weighted by Gasteiger charge is 2.56. The second-order valence-corrected chi connectivity index (χ2v) is 21.1. The number of aromatic nitrogens is 2. The zero-order chi connectivity index (χ0) is 54.3. The number of aliphatic hydroxyl groups excluding tert-OH is 1. The number of nitrogens with two attached hydrogens (primary N) is 1. The van der Waals surface area contributed by atoms with Crippen molar-refractivity contribution in [1.82, 2.24) is 25.5 Å². The van der Waals surface area contributed by atoms with Crippen molar-refractivity contribution in [2.24, 2.45) is 22.7 Å². The fourth-order valence-corrected chi connectivity index (χ4v) is 10.2. The topological polar surface area (TPSA) is 285 Å². The monoisotopic (exact) mass is 1050 g/mol. The standard InChI is InChI=1S/C50H75FN8O13S/c1-14-35-50(11,66)42-27(5)38(57-37(60)15-2)25(3)19-48(9,41(28(6)40(62)49(10,51)47(65)71-35)72-46-39(61)34(59(12)13)18-26(4)70-46)68-22-33(21-67-42)58-69-23-32-17-16-31(20-53-32)45-56-36(24-73-45)55-44(64)30(8)54-43(63)29(7)52/h16-17,20,24-26,28-30,34-35,39,41-42,46,61,66H,14-15,18-19,21-23,52H2,1-13H3,(H,54,63)(H,55,64)(H,57,60)/t25-,26-,28+,29+,30+,34+,35-,39-,41-,42-,46+,48-,49+,50-/m1/s1. The number of nitrogens with zero attached hydrogens (tertiary/aromatic N) is 4. The number of carbonyl (C=O) groups is 5. The molecule has 5 rings (SSSR count). The molecule has 3 aliphatic rings. The van der Waals surface area contributed by atoms with Crippen LogP contribution >= 0.6 is 11.3 Å². The average molecular weight is 1050 g/mol. The minimum absolute atomic E-state index is 0.0240. The van der Waals surface area contributed by atoms with Crippen molar-refractivity contribution < 1.29 is 67.1 Å². The largest absolute Gasteiger partial charge is 0.457 e. The van der Waals surface area contributed by atoms with E-state index >= 15 is 4.39 Å². The molecule has 2 bridgehead atoms. The Hall–Kier alpha value is -4.85. The normalized spacial score (nSPS) is 33.2. The van der Waals surface area contributed by atoms with Gasteiger partial charge in [0.05, 0.1) is 42.8 Å². The summed E-state index contributed by atoms with van der Waals surface area (Å²) >= 11 is 1.27. The Bertz CT molecular complexity index is 2340. The first-order valence-corrected chi connectivity index (χ1v) is 25.6. The van der Waals surface area contributed by atoms with Gasteiger partial charge in [0.2, 0.25) is 17.7 Å². The average Bonchev–Trinajstić information content (AvgIpc) is 3.80. The van der Waals surface area contributed by atoms with Gasteiger partial charge in [-0.3, -0.25) is 24.2 Å². The fourth-order valence-electron chi connectivity index (χ4n) is 9.43. The lowest BCUT2D eigenvalue weighted by Crippen LogP contribution is -2.61. The van der Waals surface area contributed by atoms with E-state index in [2.05, 4.69) is 31.1 Å². The summed E-state index contributed by atoms with van der Waals surface area (Å²) in [6.45, 7) is 16.1. The van der Waals surface area contributed by atoms with Gasteiger partial charge in [0, 0.05) is 41.2 Å². The Kier molecular flexibility index (Phi) is 19.9. The van der Waals surface area contributed by atoms with E-state index in [0.717, 1.165) is 6.92 Å². The molecule has 2 aromatic heterocycles. The third-order valence-electron chi connectivity index (χ3n) is 13.7. The number of cyclic esters (lactones) is 1. The molecule has 0 aliphatic carbocycles. The lowest BCUT2D eigenvalue weighted by molar-refractivity contribution is -0.296. The number of carbonyl (C=O) groups excluding carboxylic acids is 5. The van der Waals surface area contributed by atoms with Gasteiger partial charge in [-0.2, -0.15) is 0 Å². The molecule has 1 fully saturated rings. The first kappa shape index (κ1) is 59.0. The van der Waals surface area contributed by atoms with Gasteiger partial charge in [0.25, 0.3) is 5.67 Å². The van der Waals surface area contributed by atoms with E-state index < -0.39 is 107 Å². The van der Waals surface area contributed by atoms with Gasteiger partial charge in [-0.05, 0) is 105 Å². The van der Waals surface area contributed by atoms with Crippen LogP contribution in [0.2, 0.25) is 0 Å². The molecule has 5 heterocycles. The molecule has 2 aromatic rings. The number of likely N-dealkylation sites (N-methyl/N-ethyl adjacent to an activating group) is 1. The summed E-state index contributed by atoms with van der Waals surface area (Å²) in [7, 11) is 3.61. The van der Waals surface area contributed by atoms with E-state index in [0.29, 0.717) is 34.0 Å². The van der Waals surface area contributed by atoms with Crippen LogP contribution < -0.4 is 21.7 Å². The predicted molar refractivity (Wildman–Crippen MR) is 268 cm³/mol. The molecule has 3 aliphatic heterocycles. The van der Waals surface area contributed by atoms with Crippen molar-refractivity contribution >= 4 is 52.3 Å². The Morgan fingerprint density at radius 1 is 1.08 bits per heavy atom. The Labute approximate surface area is 430 Å². The van der Waals surface area contributed by atoms with Crippen LogP contribution in [-0.4, -0.2) is 159 Å². The molecule has 73 heavy (non-hydrogen) atoms. The van der Waals surface area contributed by atoms with Gasteiger partial charge in [0.1, 0.15) is 46.5 Å². The zero-order valence-corrected chi connectivity index (χ0v) is 45.0. The maximum absolute atomic E-state index is 17.0. The number of esters is 1. The van der Waals surface area contributed by atoms with Crippen LogP contribution in [0.25, 0.3) is 10.6 Å². The van der Waals surface area contributed by atoms with Crippen LogP contribution in [0, 0.1) is 11.8 Å². The predicted octanol–water partition coefficient (Wildman–Crippen LogP) is 3.70. The van der Waals surface area contributed by atoms with E-state index in [1.807, 2.05) is 18.7 Å². The number of alkyl halides is 1. The molecule has 14 atom stereocenters. The van der Waals surface area contributed by atoms with Gasteiger partial charge >= 0.3 is 5.97 Å². The summed E-state index contributed by atoms with van der Waals surface area (Å²) in [5.41, 5.74) is 0.562. The van der Waals surface area contributed by atoms with Gasteiger partial charge in [-0.25, -0.2) is 14.2 Å². The van der Waals surface area contributed by atoms with Crippen LogP contribution in [0.15, 0.2) is 40.1 Å². The number of rotatable bonds is 14. The number of ketones is 1. The Balaban J connectivity index is 1.55. The van der Waals surface area contributed by atoms with Gasteiger partial charge < -0.3 is 65.3 Å². The van der Waals surface area contributed by atoms with E-state index in [4.69, 9.17) is 34.3 Å². The summed E-state index contributed by atoms with van der Waals surface area (Å²) in [5, 5.41) is 39.1. The van der Waals surface area contributed by atoms with E-state index in [9.17, 15) is 34.2 Å².